The fraction of sp³-hybridized carbons (Fsp3) is 0.0741. The smallest absolute Gasteiger partial charge is 0.243 e. The molecule has 0 saturated heterocycles. The second-order valence-electron chi connectivity index (χ2n) is 7.60. The number of rotatable bonds is 3. The number of aromatic hydroxyl groups is 1. The van der Waals surface area contributed by atoms with E-state index in [1.54, 1.807) is 4.90 Å². The summed E-state index contributed by atoms with van der Waals surface area (Å²) in [4.78, 5) is 15.5. The number of hydrogen-bond donors (Lipinski definition) is 1. The fourth-order valence-corrected chi connectivity index (χ4v) is 4.29. The summed E-state index contributed by atoms with van der Waals surface area (Å²) in [5.41, 5.74) is 6.07. The van der Waals surface area contributed by atoms with E-state index in [4.69, 9.17) is 0 Å². The van der Waals surface area contributed by atoms with Crippen molar-refractivity contribution in [2.75, 3.05) is 4.90 Å². The zero-order chi connectivity index (χ0) is 20.7. The monoisotopic (exact) mass is 391 g/mol. The van der Waals surface area contributed by atoms with Crippen molar-refractivity contribution in [1.29, 1.82) is 0 Å². The molecule has 0 bridgehead atoms. The number of fused-ring (bicyclic) bond motifs is 1. The van der Waals surface area contributed by atoms with Crippen LogP contribution in [0.2, 0.25) is 0 Å². The normalized spacial score (nSPS) is 15.3. The third kappa shape index (κ3) is 2.87. The summed E-state index contributed by atoms with van der Waals surface area (Å²) in [5, 5.41) is 10.7. The van der Waals surface area contributed by atoms with Gasteiger partial charge in [-0.25, -0.2) is 0 Å². The Bertz CT molecular complexity index is 1230. The Morgan fingerprint density at radius 2 is 1.43 bits per heavy atom. The molecule has 1 N–H and O–H groups in total. The lowest BCUT2D eigenvalue weighted by Gasteiger charge is -2.19. The maximum absolute atomic E-state index is 13.7. The zero-order valence-corrected chi connectivity index (χ0v) is 16.6. The molecule has 4 aromatic carbocycles. The number of para-hydroxylation sites is 2. The van der Waals surface area contributed by atoms with Crippen LogP contribution in [0.25, 0.3) is 11.1 Å². The highest BCUT2D eigenvalue weighted by atomic mass is 16.3. The predicted octanol–water partition coefficient (Wildman–Crippen LogP) is 6.18. The van der Waals surface area contributed by atoms with Gasteiger partial charge in [0.15, 0.2) is 0 Å². The van der Waals surface area contributed by atoms with E-state index in [-0.39, 0.29) is 11.7 Å². The van der Waals surface area contributed by atoms with Crippen LogP contribution in [0.15, 0.2) is 97.1 Å². The lowest BCUT2D eigenvalue weighted by atomic mass is 9.88. The Morgan fingerprint density at radius 3 is 2.17 bits per heavy atom. The van der Waals surface area contributed by atoms with Crippen molar-refractivity contribution in [3.63, 3.8) is 0 Å². The van der Waals surface area contributed by atoms with E-state index in [1.165, 1.54) is 0 Å². The largest absolute Gasteiger partial charge is 0.507 e. The molecular formula is C27H21NO2. The van der Waals surface area contributed by atoms with Gasteiger partial charge in [0, 0.05) is 11.3 Å². The van der Waals surface area contributed by atoms with E-state index in [9.17, 15) is 9.90 Å². The molecule has 146 valence electrons. The first-order valence-corrected chi connectivity index (χ1v) is 10.0. The second kappa shape index (κ2) is 7.20. The molecule has 30 heavy (non-hydrogen) atoms. The molecule has 1 aliphatic rings. The summed E-state index contributed by atoms with van der Waals surface area (Å²) >= 11 is 0. The average molecular weight is 391 g/mol. The Balaban J connectivity index is 1.68. The highest BCUT2D eigenvalue weighted by Gasteiger charge is 2.39. The van der Waals surface area contributed by atoms with Crippen LogP contribution < -0.4 is 4.90 Å². The first kappa shape index (κ1) is 18.2. The summed E-state index contributed by atoms with van der Waals surface area (Å²) in [6.45, 7) is 1.88. The Labute approximate surface area is 175 Å². The molecule has 0 aromatic heterocycles. The van der Waals surface area contributed by atoms with Gasteiger partial charge in [-0.3, -0.25) is 9.69 Å². The number of phenols is 1. The summed E-state index contributed by atoms with van der Waals surface area (Å²) in [7, 11) is 0. The van der Waals surface area contributed by atoms with Crippen molar-refractivity contribution in [2.45, 2.75) is 12.8 Å². The number of nitrogens with zero attached hydrogens (tertiary/aromatic N) is 1. The first-order valence-electron chi connectivity index (χ1n) is 10.0. The predicted molar refractivity (Wildman–Crippen MR) is 120 cm³/mol. The van der Waals surface area contributed by atoms with Gasteiger partial charge in [-0.1, -0.05) is 72.8 Å². The van der Waals surface area contributed by atoms with Crippen LogP contribution >= 0.6 is 0 Å². The number of amides is 1. The van der Waals surface area contributed by atoms with Gasteiger partial charge in [-0.2, -0.15) is 0 Å². The number of anilines is 2. The minimum atomic E-state index is -0.414. The molecule has 0 spiro atoms. The second-order valence-corrected chi connectivity index (χ2v) is 7.60. The maximum Gasteiger partial charge on any atom is 0.243 e. The zero-order valence-electron chi connectivity index (χ0n) is 16.6. The van der Waals surface area contributed by atoms with Crippen LogP contribution in [0.5, 0.6) is 5.75 Å². The fourth-order valence-electron chi connectivity index (χ4n) is 4.29. The molecule has 1 heterocycles. The molecule has 0 radical (unpaired) electrons. The van der Waals surface area contributed by atoms with Crippen molar-refractivity contribution < 1.29 is 9.90 Å². The average Bonchev–Trinajstić information content (AvgIpc) is 3.08. The molecule has 1 atom stereocenters. The van der Waals surface area contributed by atoms with Gasteiger partial charge in [-0.15, -0.1) is 0 Å². The van der Waals surface area contributed by atoms with Gasteiger partial charge in [0.2, 0.25) is 5.91 Å². The highest BCUT2D eigenvalue weighted by molar-refractivity contribution is 6.12. The third-order valence-electron chi connectivity index (χ3n) is 5.71. The summed E-state index contributed by atoms with van der Waals surface area (Å²) < 4.78 is 0. The Morgan fingerprint density at radius 1 is 0.800 bits per heavy atom. The molecule has 1 aliphatic heterocycles. The standard InChI is InChI=1S/C27H21NO2/c1-18-16-20(17-23(26(18)29)19-10-4-2-5-11-19)25-22-14-8-9-15-24(22)28(27(25)30)21-12-6-3-7-13-21/h2-17,25,29H,1H3. The Kier molecular flexibility index (Phi) is 4.36. The van der Waals surface area contributed by atoms with Gasteiger partial charge in [0.1, 0.15) is 5.75 Å². The Hall–Kier alpha value is -3.85. The van der Waals surface area contributed by atoms with Crippen molar-refractivity contribution in [3.8, 4) is 16.9 Å². The third-order valence-corrected chi connectivity index (χ3v) is 5.71. The van der Waals surface area contributed by atoms with Gasteiger partial charge in [0.25, 0.3) is 0 Å². The molecule has 4 aromatic rings. The van der Waals surface area contributed by atoms with E-state index in [2.05, 4.69) is 0 Å². The van der Waals surface area contributed by atoms with Gasteiger partial charge in [-0.05, 0) is 53.4 Å². The quantitative estimate of drug-likeness (QED) is 0.453. The van der Waals surface area contributed by atoms with E-state index >= 15 is 0 Å². The van der Waals surface area contributed by atoms with E-state index < -0.39 is 5.92 Å². The van der Waals surface area contributed by atoms with Gasteiger partial charge < -0.3 is 5.11 Å². The topological polar surface area (TPSA) is 40.5 Å². The van der Waals surface area contributed by atoms with Crippen LogP contribution in [0.1, 0.15) is 22.6 Å². The van der Waals surface area contributed by atoms with Crippen molar-refractivity contribution >= 4 is 17.3 Å². The molecule has 1 amide bonds. The first-order chi connectivity index (χ1) is 14.6. The van der Waals surface area contributed by atoms with E-state index in [0.717, 1.165) is 39.2 Å². The number of benzene rings is 4. The molecule has 0 fully saturated rings. The van der Waals surface area contributed by atoms with Crippen LogP contribution in [0.3, 0.4) is 0 Å². The minimum Gasteiger partial charge on any atom is -0.507 e. The number of carbonyl (C=O) groups is 1. The molecule has 3 heteroatoms. The minimum absolute atomic E-state index is 0.0199. The maximum atomic E-state index is 13.7. The summed E-state index contributed by atoms with van der Waals surface area (Å²) in [5.74, 6) is -0.140. The molecule has 1 unspecified atom stereocenters. The highest BCUT2D eigenvalue weighted by Crippen LogP contribution is 2.46. The van der Waals surface area contributed by atoms with Crippen molar-refractivity contribution in [2.24, 2.45) is 0 Å². The summed E-state index contributed by atoms with van der Waals surface area (Å²) in [6.07, 6.45) is 0. The lowest BCUT2D eigenvalue weighted by molar-refractivity contribution is -0.117. The number of hydrogen-bond acceptors (Lipinski definition) is 2. The summed E-state index contributed by atoms with van der Waals surface area (Å²) in [6, 6.07) is 31.3. The van der Waals surface area contributed by atoms with Gasteiger partial charge in [0.05, 0.1) is 11.6 Å². The van der Waals surface area contributed by atoms with Crippen molar-refractivity contribution in [3.05, 3.63) is 114 Å². The van der Waals surface area contributed by atoms with Crippen molar-refractivity contribution in [1.82, 2.24) is 0 Å². The molecule has 5 rings (SSSR count). The van der Waals surface area contributed by atoms with Crippen LogP contribution in [0, 0.1) is 6.92 Å². The SMILES string of the molecule is Cc1cc(C2C(=O)N(c3ccccc3)c3ccccc32)cc(-c2ccccc2)c1O. The molecular weight excluding hydrogens is 370 g/mol. The van der Waals surface area contributed by atoms with Gasteiger partial charge >= 0.3 is 0 Å². The molecule has 0 aliphatic carbocycles. The van der Waals surface area contributed by atoms with Crippen LogP contribution in [0.4, 0.5) is 11.4 Å². The van der Waals surface area contributed by atoms with E-state index in [0.29, 0.717) is 0 Å². The van der Waals surface area contributed by atoms with Crippen LogP contribution in [-0.2, 0) is 4.79 Å². The number of phenolic OH excluding ortho intramolecular Hbond substituents is 1. The van der Waals surface area contributed by atoms with Crippen LogP contribution in [-0.4, -0.2) is 11.0 Å². The molecule has 3 nitrogen and oxygen atoms in total. The lowest BCUT2D eigenvalue weighted by Crippen LogP contribution is -2.24. The molecule has 0 saturated carbocycles. The number of aryl methyl sites for hydroxylation is 1. The van der Waals surface area contributed by atoms with E-state index in [1.807, 2.05) is 104 Å². The number of carbonyl (C=O) groups excluding carboxylic acids is 1.